The Morgan fingerprint density at radius 1 is 1.14 bits per heavy atom. The van der Waals surface area contributed by atoms with E-state index in [1.807, 2.05) is 6.07 Å². The molecule has 0 unspecified atom stereocenters. The molecule has 0 bridgehead atoms. The Bertz CT molecular complexity index is 1540. The number of aromatic nitrogens is 3. The van der Waals surface area contributed by atoms with Gasteiger partial charge in [0, 0.05) is 24.8 Å². The number of halogens is 1. The highest BCUT2D eigenvalue weighted by Crippen LogP contribution is 2.29. The summed E-state index contributed by atoms with van der Waals surface area (Å²) in [5, 5.41) is 0.852. The SMILES string of the molecule is O=C(NS(=O)(=O)c1cnc(OCC2CCOCC2)c(Cl)c1)c1ccccc1Oc1cnc2[nH]ccc2c1. The van der Waals surface area contributed by atoms with Crippen molar-refractivity contribution in [2.75, 3.05) is 19.8 Å². The molecule has 1 aliphatic heterocycles. The number of aromatic amines is 1. The summed E-state index contributed by atoms with van der Waals surface area (Å²) in [6, 6.07) is 11.1. The van der Waals surface area contributed by atoms with E-state index in [9.17, 15) is 13.2 Å². The maximum absolute atomic E-state index is 13.0. The number of carbonyl (C=O) groups excluding carboxylic acids is 1. The number of hydrogen-bond acceptors (Lipinski definition) is 8. The van der Waals surface area contributed by atoms with E-state index >= 15 is 0 Å². The third kappa shape index (κ3) is 5.85. The molecule has 3 aromatic heterocycles. The first-order chi connectivity index (χ1) is 17.9. The van der Waals surface area contributed by atoms with Gasteiger partial charge < -0.3 is 19.2 Å². The Morgan fingerprint density at radius 3 is 2.76 bits per heavy atom. The van der Waals surface area contributed by atoms with Gasteiger partial charge in [-0.3, -0.25) is 4.79 Å². The summed E-state index contributed by atoms with van der Waals surface area (Å²) in [6.45, 7) is 1.76. The zero-order valence-electron chi connectivity index (χ0n) is 19.5. The van der Waals surface area contributed by atoms with Crippen molar-refractivity contribution in [3.63, 3.8) is 0 Å². The first kappa shape index (κ1) is 25.0. The van der Waals surface area contributed by atoms with E-state index in [4.69, 9.17) is 25.8 Å². The Morgan fingerprint density at radius 2 is 1.95 bits per heavy atom. The van der Waals surface area contributed by atoms with Gasteiger partial charge in [0.05, 0.1) is 24.6 Å². The van der Waals surface area contributed by atoms with E-state index in [-0.39, 0.29) is 27.1 Å². The van der Waals surface area contributed by atoms with Gasteiger partial charge in [0.25, 0.3) is 15.9 Å². The highest BCUT2D eigenvalue weighted by atomic mass is 35.5. The summed E-state index contributed by atoms with van der Waals surface area (Å²) >= 11 is 6.24. The van der Waals surface area contributed by atoms with E-state index < -0.39 is 15.9 Å². The normalized spacial score (nSPS) is 14.4. The molecule has 2 N–H and O–H groups in total. The fraction of sp³-hybridized carbons (Fsp3) is 0.240. The van der Waals surface area contributed by atoms with Gasteiger partial charge in [-0.15, -0.1) is 0 Å². The van der Waals surface area contributed by atoms with E-state index in [1.54, 1.807) is 30.5 Å². The average molecular weight is 543 g/mol. The quantitative estimate of drug-likeness (QED) is 0.336. The molecule has 37 heavy (non-hydrogen) atoms. The average Bonchev–Trinajstić information content (AvgIpc) is 3.36. The minimum absolute atomic E-state index is 0.0238. The summed E-state index contributed by atoms with van der Waals surface area (Å²) in [5.41, 5.74) is 0.715. The van der Waals surface area contributed by atoms with Crippen LogP contribution in [0.3, 0.4) is 0 Å². The maximum Gasteiger partial charge on any atom is 0.268 e. The van der Waals surface area contributed by atoms with Crippen molar-refractivity contribution in [3.8, 4) is 17.4 Å². The van der Waals surface area contributed by atoms with Crippen LogP contribution in [0.2, 0.25) is 5.02 Å². The molecule has 0 radical (unpaired) electrons. The zero-order chi connectivity index (χ0) is 25.8. The van der Waals surface area contributed by atoms with Crippen LogP contribution in [0, 0.1) is 5.92 Å². The van der Waals surface area contributed by atoms with E-state index in [2.05, 4.69) is 19.7 Å². The molecule has 5 rings (SSSR count). The van der Waals surface area contributed by atoms with Crippen LogP contribution in [-0.4, -0.2) is 49.1 Å². The predicted molar refractivity (Wildman–Crippen MR) is 136 cm³/mol. The number of nitrogens with one attached hydrogen (secondary N) is 2. The number of carbonyl (C=O) groups is 1. The number of H-pyrrole nitrogens is 1. The topological polar surface area (TPSA) is 132 Å². The van der Waals surface area contributed by atoms with Gasteiger partial charge in [-0.2, -0.15) is 0 Å². The molecule has 1 aliphatic rings. The molecule has 1 fully saturated rings. The van der Waals surface area contributed by atoms with Crippen LogP contribution in [0.4, 0.5) is 0 Å². The molecule has 12 heteroatoms. The van der Waals surface area contributed by atoms with E-state index in [0.29, 0.717) is 37.1 Å². The number of amides is 1. The number of nitrogens with zero attached hydrogens (tertiary/aromatic N) is 2. The Balaban J connectivity index is 1.29. The highest BCUT2D eigenvalue weighted by molar-refractivity contribution is 7.90. The fourth-order valence-corrected chi connectivity index (χ4v) is 5.07. The maximum atomic E-state index is 13.0. The van der Waals surface area contributed by atoms with Crippen LogP contribution in [0.5, 0.6) is 17.4 Å². The number of rotatable bonds is 8. The molecule has 0 saturated carbocycles. The molecule has 10 nitrogen and oxygen atoms in total. The van der Waals surface area contributed by atoms with Crippen molar-refractivity contribution in [1.82, 2.24) is 19.7 Å². The molecule has 0 spiro atoms. The second-order valence-electron chi connectivity index (χ2n) is 8.44. The van der Waals surface area contributed by atoms with Gasteiger partial charge >= 0.3 is 0 Å². The molecule has 1 amide bonds. The van der Waals surface area contributed by atoms with Crippen molar-refractivity contribution in [2.24, 2.45) is 5.92 Å². The van der Waals surface area contributed by atoms with Crippen molar-refractivity contribution in [1.29, 1.82) is 0 Å². The lowest BCUT2D eigenvalue weighted by atomic mass is 10.0. The highest BCUT2D eigenvalue weighted by Gasteiger charge is 2.24. The number of benzene rings is 1. The van der Waals surface area contributed by atoms with E-state index in [0.717, 1.165) is 24.4 Å². The minimum atomic E-state index is -4.28. The monoisotopic (exact) mass is 542 g/mol. The van der Waals surface area contributed by atoms with Crippen LogP contribution in [-0.2, 0) is 14.8 Å². The number of hydrogen-bond donors (Lipinski definition) is 2. The summed E-state index contributed by atoms with van der Waals surface area (Å²) in [6.07, 6.45) is 6.10. The molecule has 0 aliphatic carbocycles. The summed E-state index contributed by atoms with van der Waals surface area (Å²) < 4.78 is 44.8. The van der Waals surface area contributed by atoms with Gasteiger partial charge in [-0.25, -0.2) is 23.1 Å². The number of ether oxygens (including phenoxy) is 3. The lowest BCUT2D eigenvalue weighted by molar-refractivity contribution is 0.0490. The van der Waals surface area contributed by atoms with Gasteiger partial charge in [0.2, 0.25) is 5.88 Å². The smallest absolute Gasteiger partial charge is 0.268 e. The van der Waals surface area contributed by atoms with Crippen molar-refractivity contribution in [3.05, 3.63) is 71.6 Å². The van der Waals surface area contributed by atoms with Crippen molar-refractivity contribution in [2.45, 2.75) is 17.7 Å². The van der Waals surface area contributed by atoms with Crippen LogP contribution < -0.4 is 14.2 Å². The Kier molecular flexibility index (Phi) is 7.26. The third-order valence-electron chi connectivity index (χ3n) is 5.85. The van der Waals surface area contributed by atoms with Crippen LogP contribution in [0.1, 0.15) is 23.2 Å². The largest absolute Gasteiger partial charge is 0.476 e. The molecule has 4 aromatic rings. The van der Waals surface area contributed by atoms with Crippen LogP contribution in [0.15, 0.2) is 66.0 Å². The molecular formula is C25H23ClN4O6S. The number of para-hydroxylation sites is 1. The third-order valence-corrected chi connectivity index (χ3v) is 7.42. The zero-order valence-corrected chi connectivity index (χ0v) is 21.1. The Labute approximate surface area is 218 Å². The first-order valence-electron chi connectivity index (χ1n) is 11.5. The first-order valence-corrected chi connectivity index (χ1v) is 13.4. The summed E-state index contributed by atoms with van der Waals surface area (Å²) in [7, 11) is -4.28. The van der Waals surface area contributed by atoms with Gasteiger partial charge in [0.1, 0.15) is 27.1 Å². The van der Waals surface area contributed by atoms with Crippen molar-refractivity contribution >= 4 is 38.6 Å². The lowest BCUT2D eigenvalue weighted by Crippen LogP contribution is -2.31. The molecule has 192 valence electrons. The number of fused-ring (bicyclic) bond motifs is 1. The predicted octanol–water partition coefficient (Wildman–Crippen LogP) is 4.33. The van der Waals surface area contributed by atoms with Crippen LogP contribution >= 0.6 is 11.6 Å². The van der Waals surface area contributed by atoms with Gasteiger partial charge in [-0.05, 0) is 49.1 Å². The summed E-state index contributed by atoms with van der Waals surface area (Å²) in [4.78, 5) is 24.0. The number of sulfonamides is 1. The molecular weight excluding hydrogens is 520 g/mol. The second kappa shape index (κ2) is 10.8. The molecule has 1 saturated heterocycles. The van der Waals surface area contributed by atoms with Crippen molar-refractivity contribution < 1.29 is 27.4 Å². The molecule has 0 atom stereocenters. The Hall–Kier alpha value is -3.67. The summed E-state index contributed by atoms with van der Waals surface area (Å²) in [5.74, 6) is 0.132. The van der Waals surface area contributed by atoms with Gasteiger partial charge in [0.15, 0.2) is 0 Å². The van der Waals surface area contributed by atoms with Crippen LogP contribution in [0.25, 0.3) is 11.0 Å². The fourth-order valence-electron chi connectivity index (χ4n) is 3.85. The second-order valence-corrected chi connectivity index (χ2v) is 10.5. The molecule has 4 heterocycles. The standard InChI is InChI=1S/C25H23ClN4O6S/c26-21-12-19(14-29-25(21)35-15-16-6-9-34-10-7-16)37(32,33)30-24(31)20-3-1-2-4-22(20)36-18-11-17-5-8-27-23(17)28-13-18/h1-5,8,11-14,16H,6-7,9-10,15H2,(H,27,28)(H,30,31). The van der Waals surface area contributed by atoms with E-state index in [1.165, 1.54) is 18.3 Å². The minimum Gasteiger partial charge on any atom is -0.476 e. The molecule has 1 aromatic carbocycles. The van der Waals surface area contributed by atoms with Gasteiger partial charge in [-0.1, -0.05) is 23.7 Å². The number of pyridine rings is 2. The lowest BCUT2D eigenvalue weighted by Gasteiger charge is -2.22.